The van der Waals surface area contributed by atoms with Gasteiger partial charge in [0.2, 0.25) is 5.91 Å². The molecule has 1 amide bonds. The number of carbonyl (C=O) groups is 1. The summed E-state index contributed by atoms with van der Waals surface area (Å²) in [4.78, 5) is 13.3. The van der Waals surface area contributed by atoms with Crippen LogP contribution in [-0.2, 0) is 23.7 Å². The van der Waals surface area contributed by atoms with Crippen LogP contribution in [0.15, 0.2) is 134 Å². The van der Waals surface area contributed by atoms with E-state index in [1.807, 2.05) is 6.08 Å². The first-order valence-corrected chi connectivity index (χ1v) is 36.4. The average Bonchev–Trinajstić information content (AvgIpc) is 0.836. The number of unbranched alkanes of at least 4 members (excludes halogenated alkanes) is 25. The fourth-order valence-electron chi connectivity index (χ4n) is 11.0. The molecule has 0 radical (unpaired) electrons. The molecule has 2 aliphatic rings. The van der Waals surface area contributed by atoms with Gasteiger partial charge in [-0.3, -0.25) is 4.79 Å². The summed E-state index contributed by atoms with van der Waals surface area (Å²) in [6.45, 7) is 2.65. The molecular formula is C78H131NO13. The summed E-state index contributed by atoms with van der Waals surface area (Å²) in [6, 6.07) is -0.965. The van der Waals surface area contributed by atoms with Crippen LogP contribution in [0.1, 0.15) is 258 Å². The number of nitrogens with one attached hydrogen (secondary N) is 1. The predicted octanol–water partition coefficient (Wildman–Crippen LogP) is 15.5. The van der Waals surface area contributed by atoms with Crippen LogP contribution < -0.4 is 5.32 Å². The second-order valence-corrected chi connectivity index (χ2v) is 25.0. The van der Waals surface area contributed by atoms with Crippen molar-refractivity contribution < 1.29 is 64.6 Å². The highest BCUT2D eigenvalue weighted by Gasteiger charge is 2.51. The summed E-state index contributed by atoms with van der Waals surface area (Å²) in [7, 11) is 0. The van der Waals surface area contributed by atoms with Gasteiger partial charge in [-0.15, -0.1) is 0 Å². The lowest BCUT2D eigenvalue weighted by atomic mass is 9.97. The van der Waals surface area contributed by atoms with Crippen LogP contribution in [0.2, 0.25) is 0 Å². The number of ether oxygens (including phenoxy) is 4. The molecule has 92 heavy (non-hydrogen) atoms. The smallest absolute Gasteiger partial charge is 0.220 e. The molecule has 0 saturated carbocycles. The minimum Gasteiger partial charge on any atom is -0.394 e. The minimum atomic E-state index is -1.80. The van der Waals surface area contributed by atoms with Gasteiger partial charge in [-0.05, 0) is 109 Å². The Bertz CT molecular complexity index is 2060. The van der Waals surface area contributed by atoms with Gasteiger partial charge in [0.1, 0.15) is 48.8 Å². The molecule has 0 aliphatic carbocycles. The molecule has 9 N–H and O–H groups in total. The Hall–Kier alpha value is -3.87. The molecule has 14 nitrogen and oxygen atoms in total. The maximum atomic E-state index is 13.3. The molecule has 0 aromatic carbocycles. The molecular weight excluding hydrogens is 1160 g/mol. The minimum absolute atomic E-state index is 0.231. The number of allylic oxidation sites excluding steroid dienone is 21. The summed E-state index contributed by atoms with van der Waals surface area (Å²) >= 11 is 0. The van der Waals surface area contributed by atoms with Gasteiger partial charge in [0, 0.05) is 6.42 Å². The lowest BCUT2D eigenvalue weighted by Gasteiger charge is -2.46. The number of rotatable bonds is 58. The average molecular weight is 1290 g/mol. The molecule has 526 valence electrons. The zero-order chi connectivity index (χ0) is 66.6. The van der Waals surface area contributed by atoms with E-state index in [1.54, 1.807) is 6.08 Å². The molecule has 2 heterocycles. The maximum absolute atomic E-state index is 13.3. The van der Waals surface area contributed by atoms with Crippen molar-refractivity contribution in [1.29, 1.82) is 0 Å². The highest BCUT2D eigenvalue weighted by Crippen LogP contribution is 2.30. The predicted molar refractivity (Wildman–Crippen MR) is 378 cm³/mol. The maximum Gasteiger partial charge on any atom is 0.220 e. The zero-order valence-electron chi connectivity index (χ0n) is 57.2. The summed E-state index contributed by atoms with van der Waals surface area (Å²) < 4.78 is 22.8. The Labute approximate surface area is 558 Å². The van der Waals surface area contributed by atoms with Crippen molar-refractivity contribution in [3.8, 4) is 0 Å². The zero-order valence-corrected chi connectivity index (χ0v) is 57.2. The van der Waals surface area contributed by atoms with Crippen LogP contribution in [0.25, 0.3) is 0 Å². The summed E-state index contributed by atoms with van der Waals surface area (Å²) in [5, 5.41) is 87.5. The largest absolute Gasteiger partial charge is 0.394 e. The van der Waals surface area contributed by atoms with Gasteiger partial charge in [-0.25, -0.2) is 0 Å². The Morgan fingerprint density at radius 2 is 0.761 bits per heavy atom. The third-order valence-electron chi connectivity index (χ3n) is 16.8. The van der Waals surface area contributed by atoms with Crippen LogP contribution in [0.4, 0.5) is 0 Å². The summed E-state index contributed by atoms with van der Waals surface area (Å²) in [6.07, 6.45) is 73.7. The second-order valence-electron chi connectivity index (χ2n) is 25.0. The van der Waals surface area contributed by atoms with E-state index in [9.17, 15) is 45.6 Å². The molecule has 12 unspecified atom stereocenters. The standard InChI is InChI=1S/C78H131NO13/c1-3-5-7-9-11-13-15-17-19-21-23-25-27-29-31-33-35-37-39-41-43-45-47-49-51-53-55-57-59-61-67(82)66(65-89-77-75(88)73(86)76(69(64-81)91-77)92-78-74(87)72(85)71(84)68(63-80)90-78)79-70(83)62-60-58-56-54-52-50-48-46-44-42-40-38-36-34-32-30-28-26-24-22-20-18-16-14-12-10-8-6-4-2/h6,8,12,14,18,20,24,26,30,32,36,38,42-45,48,50-51,53,59,61,66-69,71-78,80-82,84-88H,3-5,7,9-11,13,15-17,19,21-23,25,27-29,31,33-35,37,39-41,46-47,49,52,54-58,60,62-65H2,1-2H3,(H,79,83)/b8-6-,14-12-,20-18-,26-24-,32-30-,38-36-,44-42-,45-43+,50-48-,53-51+,61-59+. The Balaban J connectivity index is 1.73. The van der Waals surface area contributed by atoms with Crippen LogP contribution in [-0.4, -0.2) is 140 Å². The van der Waals surface area contributed by atoms with E-state index in [-0.39, 0.29) is 18.9 Å². The van der Waals surface area contributed by atoms with E-state index in [4.69, 9.17) is 18.9 Å². The number of aliphatic hydroxyl groups is 8. The first-order valence-electron chi connectivity index (χ1n) is 36.4. The van der Waals surface area contributed by atoms with Crippen molar-refractivity contribution in [2.45, 2.75) is 331 Å². The molecule has 0 aromatic heterocycles. The number of amides is 1. The molecule has 2 fully saturated rings. The summed E-state index contributed by atoms with van der Waals surface area (Å²) in [5.74, 6) is -0.282. The molecule has 2 saturated heterocycles. The van der Waals surface area contributed by atoms with Crippen LogP contribution in [0.3, 0.4) is 0 Å². The Morgan fingerprint density at radius 3 is 1.20 bits per heavy atom. The van der Waals surface area contributed by atoms with Crippen LogP contribution in [0.5, 0.6) is 0 Å². The van der Waals surface area contributed by atoms with Gasteiger partial charge in [-0.2, -0.15) is 0 Å². The highest BCUT2D eigenvalue weighted by molar-refractivity contribution is 5.76. The summed E-state index contributed by atoms with van der Waals surface area (Å²) in [5.41, 5.74) is 0. The number of hydrogen-bond acceptors (Lipinski definition) is 13. The first-order chi connectivity index (χ1) is 45.1. The number of aliphatic hydroxyl groups excluding tert-OH is 8. The van der Waals surface area contributed by atoms with E-state index in [2.05, 4.69) is 141 Å². The molecule has 14 heteroatoms. The van der Waals surface area contributed by atoms with E-state index in [1.165, 1.54) is 122 Å². The number of hydrogen-bond donors (Lipinski definition) is 9. The van der Waals surface area contributed by atoms with E-state index >= 15 is 0 Å². The van der Waals surface area contributed by atoms with Gasteiger partial charge in [-0.1, -0.05) is 276 Å². The fraction of sp³-hybridized carbons (Fsp3) is 0.705. The molecule has 0 spiro atoms. The molecule has 0 aromatic rings. The van der Waals surface area contributed by atoms with Gasteiger partial charge in [0.05, 0.1) is 32.0 Å². The molecule has 2 aliphatic heterocycles. The van der Waals surface area contributed by atoms with E-state index < -0.39 is 86.8 Å². The second kappa shape index (κ2) is 60.8. The van der Waals surface area contributed by atoms with E-state index in [0.29, 0.717) is 12.8 Å². The lowest BCUT2D eigenvalue weighted by molar-refractivity contribution is -0.359. The normalized spacial score (nSPS) is 23.5. The fourth-order valence-corrected chi connectivity index (χ4v) is 11.0. The van der Waals surface area contributed by atoms with Crippen molar-refractivity contribution >= 4 is 5.91 Å². The van der Waals surface area contributed by atoms with Gasteiger partial charge in [0.25, 0.3) is 0 Å². The van der Waals surface area contributed by atoms with E-state index in [0.717, 1.165) is 103 Å². The third-order valence-corrected chi connectivity index (χ3v) is 16.8. The Kier molecular flexibility index (Phi) is 55.6. The van der Waals surface area contributed by atoms with Crippen LogP contribution >= 0.6 is 0 Å². The van der Waals surface area contributed by atoms with Gasteiger partial charge >= 0.3 is 0 Å². The number of carbonyl (C=O) groups excluding carboxylic acids is 1. The van der Waals surface area contributed by atoms with Crippen molar-refractivity contribution in [1.82, 2.24) is 5.32 Å². The Morgan fingerprint density at radius 1 is 0.402 bits per heavy atom. The van der Waals surface area contributed by atoms with Gasteiger partial charge in [0.15, 0.2) is 12.6 Å². The SMILES string of the molecule is CC/C=C\C/C=C\C/C=C\C/C=C\C/C=C\C/C=C\C/C=C\C/C=C\CCCCCCC(=O)NC(COC1OC(CO)C(OC2OC(CO)C(O)C(O)C2O)C(O)C1O)C(O)/C=C/CC/C=C/CC/C=C/CCCCCCCCCCCCCCCCCCCCC. The lowest BCUT2D eigenvalue weighted by Crippen LogP contribution is -2.65. The first kappa shape index (κ1) is 84.2. The van der Waals surface area contributed by atoms with Crippen molar-refractivity contribution in [3.63, 3.8) is 0 Å². The molecule has 12 atom stereocenters. The quantitative estimate of drug-likeness (QED) is 0.0204. The molecule has 2 rings (SSSR count). The van der Waals surface area contributed by atoms with Gasteiger partial charge < -0.3 is 65.1 Å². The third kappa shape index (κ3) is 44.0. The van der Waals surface area contributed by atoms with Crippen molar-refractivity contribution in [3.05, 3.63) is 134 Å². The monoisotopic (exact) mass is 1290 g/mol. The van der Waals surface area contributed by atoms with Crippen LogP contribution in [0, 0.1) is 0 Å². The molecule has 0 bridgehead atoms. The topological polar surface area (TPSA) is 228 Å². The highest BCUT2D eigenvalue weighted by atomic mass is 16.7. The van der Waals surface area contributed by atoms with Crippen molar-refractivity contribution in [2.75, 3.05) is 19.8 Å². The van der Waals surface area contributed by atoms with Crippen molar-refractivity contribution in [2.24, 2.45) is 0 Å².